The van der Waals surface area contributed by atoms with Gasteiger partial charge in [-0.25, -0.2) is 4.79 Å². The number of nitrogens with one attached hydrogen (secondary N) is 2. The van der Waals surface area contributed by atoms with E-state index < -0.39 is 0 Å². The molecule has 5 nitrogen and oxygen atoms in total. The molecule has 0 aliphatic carbocycles. The van der Waals surface area contributed by atoms with Crippen molar-refractivity contribution in [3.63, 3.8) is 0 Å². The summed E-state index contributed by atoms with van der Waals surface area (Å²) in [5.41, 5.74) is 1.99. The normalized spacial score (nSPS) is 16.0. The van der Waals surface area contributed by atoms with Gasteiger partial charge in [-0.1, -0.05) is 32.9 Å². The van der Waals surface area contributed by atoms with Crippen LogP contribution in [0, 0.1) is 0 Å². The Morgan fingerprint density at radius 3 is 2.12 bits per heavy atom. The molecule has 1 heterocycles. The average Bonchev–Trinajstić information content (AvgIpc) is 2.54. The van der Waals surface area contributed by atoms with Crippen molar-refractivity contribution in [1.29, 1.82) is 0 Å². The molecule has 0 atom stereocenters. The van der Waals surface area contributed by atoms with Crippen LogP contribution in [-0.2, 0) is 5.41 Å². The van der Waals surface area contributed by atoms with Crippen molar-refractivity contribution in [3.05, 3.63) is 35.4 Å². The minimum absolute atomic E-state index is 0.0162. The lowest BCUT2D eigenvalue weighted by atomic mass is 9.86. The number of hydrogen-bond donors (Lipinski definition) is 2. The number of benzene rings is 1. The lowest BCUT2D eigenvalue weighted by Crippen LogP contribution is -2.50. The van der Waals surface area contributed by atoms with Gasteiger partial charge in [0.2, 0.25) is 0 Å². The van der Waals surface area contributed by atoms with Crippen molar-refractivity contribution >= 4 is 11.9 Å². The van der Waals surface area contributed by atoms with Crippen LogP contribution >= 0.6 is 0 Å². The first kappa shape index (κ1) is 19.3. The zero-order valence-electron chi connectivity index (χ0n) is 16.1. The molecule has 3 amide bonds. The van der Waals surface area contributed by atoms with Crippen molar-refractivity contribution in [2.45, 2.75) is 65.0 Å². The van der Waals surface area contributed by atoms with Crippen LogP contribution in [-0.4, -0.2) is 42.0 Å². The highest BCUT2D eigenvalue weighted by Crippen LogP contribution is 2.22. The van der Waals surface area contributed by atoms with Crippen LogP contribution in [0.2, 0.25) is 0 Å². The van der Waals surface area contributed by atoms with Crippen LogP contribution in [0.25, 0.3) is 0 Å². The first-order valence-electron chi connectivity index (χ1n) is 9.13. The Kier molecular flexibility index (Phi) is 6.09. The molecule has 0 unspecified atom stereocenters. The summed E-state index contributed by atoms with van der Waals surface area (Å²) >= 11 is 0. The minimum atomic E-state index is -0.0365. The topological polar surface area (TPSA) is 61.4 Å². The van der Waals surface area contributed by atoms with Gasteiger partial charge in [0, 0.05) is 30.7 Å². The van der Waals surface area contributed by atoms with Gasteiger partial charge < -0.3 is 15.5 Å². The quantitative estimate of drug-likeness (QED) is 0.883. The number of amides is 3. The number of rotatable bonds is 3. The molecular formula is C20H31N3O2. The van der Waals surface area contributed by atoms with Crippen molar-refractivity contribution in [2.75, 3.05) is 13.1 Å². The zero-order valence-corrected chi connectivity index (χ0v) is 16.1. The van der Waals surface area contributed by atoms with Crippen LogP contribution in [0.1, 0.15) is 63.4 Å². The maximum absolute atomic E-state index is 12.4. The summed E-state index contributed by atoms with van der Waals surface area (Å²) in [6.07, 6.45) is 1.58. The molecule has 138 valence electrons. The molecule has 25 heavy (non-hydrogen) atoms. The standard InChI is InChI=1S/C20H31N3O2/c1-14(2)21-19(25)23-12-10-17(11-13-23)22-18(24)15-6-8-16(9-7-15)20(3,4)5/h6-9,14,17H,10-13H2,1-5H3,(H,21,25)(H,22,24). The molecule has 1 saturated heterocycles. The second kappa shape index (κ2) is 7.89. The van der Waals surface area contributed by atoms with Gasteiger partial charge >= 0.3 is 6.03 Å². The monoisotopic (exact) mass is 345 g/mol. The predicted octanol–water partition coefficient (Wildman–Crippen LogP) is 3.30. The Hall–Kier alpha value is -2.04. The molecule has 5 heteroatoms. The van der Waals surface area contributed by atoms with E-state index in [1.807, 2.05) is 43.0 Å². The Morgan fingerprint density at radius 1 is 1.08 bits per heavy atom. The van der Waals surface area contributed by atoms with Crippen LogP contribution in [0.3, 0.4) is 0 Å². The van der Waals surface area contributed by atoms with E-state index in [1.165, 1.54) is 5.56 Å². The van der Waals surface area contributed by atoms with Crippen LogP contribution in [0.4, 0.5) is 4.79 Å². The number of hydrogen-bond acceptors (Lipinski definition) is 2. The molecule has 0 saturated carbocycles. The second-order valence-corrected chi connectivity index (χ2v) is 8.17. The van der Waals surface area contributed by atoms with E-state index in [-0.39, 0.29) is 29.4 Å². The Balaban J connectivity index is 1.85. The molecule has 2 N–H and O–H groups in total. The summed E-state index contributed by atoms with van der Waals surface area (Å²) < 4.78 is 0. The van der Waals surface area contributed by atoms with E-state index in [9.17, 15) is 9.59 Å². The zero-order chi connectivity index (χ0) is 18.6. The average molecular weight is 345 g/mol. The third-order valence-corrected chi connectivity index (χ3v) is 4.54. The van der Waals surface area contributed by atoms with Crippen molar-refractivity contribution in [3.8, 4) is 0 Å². The third-order valence-electron chi connectivity index (χ3n) is 4.54. The second-order valence-electron chi connectivity index (χ2n) is 8.17. The van der Waals surface area contributed by atoms with Gasteiger partial charge in [-0.2, -0.15) is 0 Å². The summed E-state index contributed by atoms with van der Waals surface area (Å²) in [4.78, 5) is 26.3. The SMILES string of the molecule is CC(C)NC(=O)N1CCC(NC(=O)c2ccc(C(C)(C)C)cc2)CC1. The summed E-state index contributed by atoms with van der Waals surface area (Å²) in [5.74, 6) is -0.0365. The van der Waals surface area contributed by atoms with Gasteiger partial charge in [0.05, 0.1) is 0 Å². The van der Waals surface area contributed by atoms with E-state index in [0.717, 1.165) is 12.8 Å². The number of likely N-dealkylation sites (tertiary alicyclic amines) is 1. The first-order valence-corrected chi connectivity index (χ1v) is 9.13. The summed E-state index contributed by atoms with van der Waals surface area (Å²) in [5, 5.41) is 6.01. The van der Waals surface area contributed by atoms with Gasteiger partial charge in [0.25, 0.3) is 5.91 Å². The summed E-state index contributed by atoms with van der Waals surface area (Å²) in [7, 11) is 0. The molecule has 0 bridgehead atoms. The van der Waals surface area contributed by atoms with Gasteiger partial charge in [-0.15, -0.1) is 0 Å². The van der Waals surface area contributed by atoms with E-state index in [4.69, 9.17) is 0 Å². The van der Waals surface area contributed by atoms with Crippen molar-refractivity contribution in [2.24, 2.45) is 0 Å². The number of carbonyl (C=O) groups is 2. The molecule has 1 aromatic rings. The fourth-order valence-corrected chi connectivity index (χ4v) is 2.96. The van der Waals surface area contributed by atoms with Gasteiger partial charge in [0.15, 0.2) is 0 Å². The smallest absolute Gasteiger partial charge is 0.317 e. The molecule has 0 spiro atoms. The van der Waals surface area contributed by atoms with E-state index >= 15 is 0 Å². The number of urea groups is 1. The van der Waals surface area contributed by atoms with Gasteiger partial charge in [-0.3, -0.25) is 4.79 Å². The molecule has 0 aromatic heterocycles. The Labute approximate surface area is 151 Å². The van der Waals surface area contributed by atoms with E-state index in [2.05, 4.69) is 31.4 Å². The molecule has 1 aliphatic rings. The molecule has 0 radical (unpaired) electrons. The maximum atomic E-state index is 12.4. The number of carbonyl (C=O) groups excluding carboxylic acids is 2. The predicted molar refractivity (Wildman–Crippen MR) is 101 cm³/mol. The Morgan fingerprint density at radius 2 is 1.64 bits per heavy atom. The van der Waals surface area contributed by atoms with Crippen molar-refractivity contribution < 1.29 is 9.59 Å². The molecule has 1 fully saturated rings. The fraction of sp³-hybridized carbons (Fsp3) is 0.600. The van der Waals surface area contributed by atoms with Crippen molar-refractivity contribution in [1.82, 2.24) is 15.5 Å². The summed E-state index contributed by atoms with van der Waals surface area (Å²) in [6, 6.07) is 8.07. The highest BCUT2D eigenvalue weighted by Gasteiger charge is 2.24. The van der Waals surface area contributed by atoms with Gasteiger partial charge in [0.1, 0.15) is 0 Å². The number of nitrogens with zero attached hydrogens (tertiary/aromatic N) is 1. The third kappa shape index (κ3) is 5.48. The van der Waals surface area contributed by atoms with E-state index in [0.29, 0.717) is 18.7 Å². The lowest BCUT2D eigenvalue weighted by molar-refractivity contribution is 0.0917. The molecular weight excluding hydrogens is 314 g/mol. The lowest BCUT2D eigenvalue weighted by Gasteiger charge is -2.33. The number of piperidine rings is 1. The van der Waals surface area contributed by atoms with Crippen LogP contribution in [0.15, 0.2) is 24.3 Å². The molecule has 2 rings (SSSR count). The van der Waals surface area contributed by atoms with E-state index in [1.54, 1.807) is 0 Å². The highest BCUT2D eigenvalue weighted by molar-refractivity contribution is 5.94. The molecule has 1 aliphatic heterocycles. The summed E-state index contributed by atoms with van der Waals surface area (Å²) in [6.45, 7) is 11.7. The molecule has 1 aromatic carbocycles. The Bertz CT molecular complexity index is 594. The highest BCUT2D eigenvalue weighted by atomic mass is 16.2. The van der Waals surface area contributed by atoms with Gasteiger partial charge in [-0.05, 0) is 49.8 Å². The largest absolute Gasteiger partial charge is 0.349 e. The first-order chi connectivity index (χ1) is 11.7. The maximum Gasteiger partial charge on any atom is 0.317 e. The van der Waals surface area contributed by atoms with Crippen LogP contribution < -0.4 is 10.6 Å². The minimum Gasteiger partial charge on any atom is -0.349 e. The van der Waals surface area contributed by atoms with Crippen LogP contribution in [0.5, 0.6) is 0 Å². The fourth-order valence-electron chi connectivity index (χ4n) is 2.96.